The second kappa shape index (κ2) is 18.3. The van der Waals surface area contributed by atoms with E-state index in [0.717, 1.165) is 35.1 Å². The average Bonchev–Trinajstić information content (AvgIpc) is 3.20. The molecule has 0 radical (unpaired) electrons. The molecule has 7 rings (SSSR count). The number of ether oxygens (including phenoxy) is 2. The molecule has 296 valence electrons. The Labute approximate surface area is 338 Å². The highest BCUT2D eigenvalue weighted by Crippen LogP contribution is 2.40. The molecule has 6 N–H and O–H groups in total. The SMILES string of the molecule is CCCOc1c2cc(NC(=O)Nc3ccccc3)cc1Cc1cccc(c1O)Cc1cc(NC(=O)Nc3ccccc3)cc(c1OCCC)Cc1cccc(c1O)C2. The molecule has 0 atom stereocenters. The van der Waals surface area contributed by atoms with Gasteiger partial charge in [0.1, 0.15) is 23.0 Å². The molecular formula is C48H48N4O6. The maximum atomic E-state index is 13.3. The van der Waals surface area contributed by atoms with E-state index >= 15 is 0 Å². The van der Waals surface area contributed by atoms with E-state index in [9.17, 15) is 19.8 Å². The van der Waals surface area contributed by atoms with Crippen molar-refractivity contribution in [2.24, 2.45) is 0 Å². The summed E-state index contributed by atoms with van der Waals surface area (Å²) in [6.07, 6.45) is 2.70. The first-order chi connectivity index (χ1) is 28.3. The van der Waals surface area contributed by atoms with E-state index in [2.05, 4.69) is 21.3 Å². The molecule has 0 saturated heterocycles. The standard InChI is InChI=1S/C48H48N4O6/c1-3-21-57-45-35-23-31-13-11-15-33(43(31)53)25-37-29-42(52-48(56)50-40-19-9-6-10-20-40)30-38(46(37)58-22-4-2)26-34-16-12-14-32(44(34)54)24-36(45)28-41(27-35)51-47(55)49-39-17-7-5-8-18-39/h5-20,27-30,53-54H,3-4,21-26H2,1-2H3,(H2,49,51,55)(H2,50,52,56). The molecule has 58 heavy (non-hydrogen) atoms. The molecule has 10 nitrogen and oxygen atoms in total. The molecule has 8 bridgehead atoms. The van der Waals surface area contributed by atoms with Crippen LogP contribution in [-0.2, 0) is 25.7 Å². The first-order valence-corrected chi connectivity index (χ1v) is 19.7. The fourth-order valence-corrected chi connectivity index (χ4v) is 7.27. The summed E-state index contributed by atoms with van der Waals surface area (Å²) in [5, 5.41) is 35.7. The van der Waals surface area contributed by atoms with Gasteiger partial charge in [0.25, 0.3) is 0 Å². The number of benzene rings is 6. The smallest absolute Gasteiger partial charge is 0.323 e. The Morgan fingerprint density at radius 2 is 0.759 bits per heavy atom. The van der Waals surface area contributed by atoms with Gasteiger partial charge in [0, 0.05) is 70.7 Å². The number of para-hydroxylation sites is 4. The third-order valence-electron chi connectivity index (χ3n) is 9.90. The first-order valence-electron chi connectivity index (χ1n) is 19.7. The molecule has 4 amide bonds. The molecule has 0 saturated carbocycles. The summed E-state index contributed by atoms with van der Waals surface area (Å²) in [4.78, 5) is 26.5. The van der Waals surface area contributed by atoms with Gasteiger partial charge in [0.15, 0.2) is 0 Å². The van der Waals surface area contributed by atoms with Crippen LogP contribution in [-0.4, -0.2) is 35.5 Å². The van der Waals surface area contributed by atoms with E-state index in [-0.39, 0.29) is 11.5 Å². The maximum Gasteiger partial charge on any atom is 0.323 e. The average molecular weight is 777 g/mol. The molecule has 6 aromatic rings. The zero-order valence-electron chi connectivity index (χ0n) is 32.7. The van der Waals surface area contributed by atoms with Crippen molar-refractivity contribution >= 4 is 34.8 Å². The number of nitrogens with one attached hydrogen (secondary N) is 4. The van der Waals surface area contributed by atoms with Crippen molar-refractivity contribution < 1.29 is 29.3 Å². The van der Waals surface area contributed by atoms with Crippen LogP contribution in [0.4, 0.5) is 32.3 Å². The summed E-state index contributed by atoms with van der Waals surface area (Å²) in [5.41, 5.74) is 8.11. The molecule has 0 aromatic heterocycles. The summed E-state index contributed by atoms with van der Waals surface area (Å²) in [6.45, 7) is 4.98. The summed E-state index contributed by atoms with van der Waals surface area (Å²) in [7, 11) is 0. The van der Waals surface area contributed by atoms with Crippen LogP contribution >= 0.6 is 0 Å². The molecule has 1 aliphatic carbocycles. The van der Waals surface area contributed by atoms with Crippen molar-refractivity contribution in [1.29, 1.82) is 0 Å². The zero-order valence-corrected chi connectivity index (χ0v) is 32.7. The van der Waals surface area contributed by atoms with Crippen molar-refractivity contribution in [3.63, 3.8) is 0 Å². The fourth-order valence-electron chi connectivity index (χ4n) is 7.27. The molecule has 0 aliphatic heterocycles. The summed E-state index contributed by atoms with van der Waals surface area (Å²) < 4.78 is 12.9. The lowest BCUT2D eigenvalue weighted by Crippen LogP contribution is -2.20. The third-order valence-corrected chi connectivity index (χ3v) is 9.90. The highest BCUT2D eigenvalue weighted by atomic mass is 16.5. The Balaban J connectivity index is 1.35. The topological polar surface area (TPSA) is 141 Å². The monoisotopic (exact) mass is 776 g/mol. The normalized spacial score (nSPS) is 11.9. The lowest BCUT2D eigenvalue weighted by atomic mass is 9.91. The number of carbonyl (C=O) groups is 2. The summed E-state index contributed by atoms with van der Waals surface area (Å²) in [6, 6.07) is 36.5. The van der Waals surface area contributed by atoms with Gasteiger partial charge in [-0.15, -0.1) is 0 Å². The molecule has 0 unspecified atom stereocenters. The van der Waals surface area contributed by atoms with Crippen LogP contribution in [0.5, 0.6) is 23.0 Å². The number of hydrogen-bond acceptors (Lipinski definition) is 6. The van der Waals surface area contributed by atoms with Crippen LogP contribution in [0.25, 0.3) is 0 Å². The van der Waals surface area contributed by atoms with Gasteiger partial charge in [-0.1, -0.05) is 86.6 Å². The minimum atomic E-state index is -0.407. The predicted octanol–water partition coefficient (Wildman–Crippen LogP) is 10.6. The van der Waals surface area contributed by atoms with E-state index in [0.29, 0.717) is 95.4 Å². The van der Waals surface area contributed by atoms with Crippen LogP contribution in [0.15, 0.2) is 121 Å². The Bertz CT molecular complexity index is 2140. The number of phenols is 2. The third kappa shape index (κ3) is 9.53. The van der Waals surface area contributed by atoms with Crippen molar-refractivity contribution in [2.75, 3.05) is 34.5 Å². The van der Waals surface area contributed by atoms with Crippen LogP contribution in [0.2, 0.25) is 0 Å². The van der Waals surface area contributed by atoms with Gasteiger partial charge >= 0.3 is 12.1 Å². The Morgan fingerprint density at radius 3 is 1.07 bits per heavy atom. The predicted molar refractivity (Wildman–Crippen MR) is 230 cm³/mol. The zero-order chi connectivity index (χ0) is 40.4. The fraction of sp³-hybridized carbons (Fsp3) is 0.208. The van der Waals surface area contributed by atoms with E-state index in [1.54, 1.807) is 0 Å². The van der Waals surface area contributed by atoms with Crippen LogP contribution in [0.3, 0.4) is 0 Å². The van der Waals surface area contributed by atoms with Crippen LogP contribution in [0.1, 0.15) is 71.2 Å². The number of amides is 4. The van der Waals surface area contributed by atoms with E-state index in [4.69, 9.17) is 9.47 Å². The molecule has 0 fully saturated rings. The van der Waals surface area contributed by atoms with Gasteiger partial charge < -0.3 is 41.0 Å². The van der Waals surface area contributed by atoms with Crippen LogP contribution in [0, 0.1) is 0 Å². The molecule has 1 aliphatic rings. The van der Waals surface area contributed by atoms with Gasteiger partial charge in [0.05, 0.1) is 13.2 Å². The van der Waals surface area contributed by atoms with Crippen LogP contribution < -0.4 is 30.7 Å². The minimum Gasteiger partial charge on any atom is -0.507 e. The van der Waals surface area contributed by atoms with E-state index < -0.39 is 12.1 Å². The molecule has 0 heterocycles. The number of anilines is 4. The lowest BCUT2D eigenvalue weighted by Gasteiger charge is -2.22. The van der Waals surface area contributed by atoms with Crippen molar-refractivity contribution in [2.45, 2.75) is 52.4 Å². The first kappa shape index (κ1) is 39.3. The highest BCUT2D eigenvalue weighted by Gasteiger charge is 2.23. The number of carbonyl (C=O) groups excluding carboxylic acids is 2. The summed E-state index contributed by atoms with van der Waals surface area (Å²) in [5.74, 6) is 1.54. The number of rotatable bonds is 10. The molecule has 10 heteroatoms. The number of fused-ring (bicyclic) bond motifs is 8. The molecular weight excluding hydrogens is 729 g/mol. The number of aromatic hydroxyl groups is 2. The summed E-state index contributed by atoms with van der Waals surface area (Å²) >= 11 is 0. The number of urea groups is 2. The van der Waals surface area contributed by atoms with E-state index in [1.807, 2.05) is 135 Å². The van der Waals surface area contributed by atoms with Gasteiger partial charge in [-0.25, -0.2) is 9.59 Å². The number of phenolic OH excluding ortho intramolecular Hbond substituents is 2. The maximum absolute atomic E-state index is 13.3. The Hall–Kier alpha value is -6.94. The molecule has 0 spiro atoms. The van der Waals surface area contributed by atoms with E-state index in [1.165, 1.54) is 0 Å². The van der Waals surface area contributed by atoms with Gasteiger partial charge in [-0.05, 0) is 83.6 Å². The largest absolute Gasteiger partial charge is 0.507 e. The second-order valence-corrected chi connectivity index (χ2v) is 14.4. The van der Waals surface area contributed by atoms with Gasteiger partial charge in [-0.3, -0.25) is 0 Å². The van der Waals surface area contributed by atoms with Crippen molar-refractivity contribution in [1.82, 2.24) is 0 Å². The van der Waals surface area contributed by atoms with Crippen molar-refractivity contribution in [3.05, 3.63) is 166 Å². The Morgan fingerprint density at radius 1 is 0.448 bits per heavy atom. The lowest BCUT2D eigenvalue weighted by molar-refractivity contribution is 0.261. The number of hydrogen-bond donors (Lipinski definition) is 6. The molecule has 6 aromatic carbocycles. The van der Waals surface area contributed by atoms with Crippen molar-refractivity contribution in [3.8, 4) is 23.0 Å². The van der Waals surface area contributed by atoms with Gasteiger partial charge in [-0.2, -0.15) is 0 Å². The Kier molecular flexibility index (Phi) is 12.4. The van der Waals surface area contributed by atoms with Gasteiger partial charge in [0.2, 0.25) is 0 Å². The second-order valence-electron chi connectivity index (χ2n) is 14.4. The minimum absolute atomic E-state index is 0.129. The quantitative estimate of drug-likeness (QED) is 0.0817. The highest BCUT2D eigenvalue weighted by molar-refractivity contribution is 6.00.